The summed E-state index contributed by atoms with van der Waals surface area (Å²) < 4.78 is 8.15. The van der Waals surface area contributed by atoms with E-state index >= 15 is 0 Å². The lowest BCUT2D eigenvalue weighted by atomic mass is 10.1. The Kier molecular flexibility index (Phi) is 4.13. The lowest BCUT2D eigenvalue weighted by Gasteiger charge is -2.12. The molecule has 0 aliphatic rings. The predicted molar refractivity (Wildman–Crippen MR) is 67.3 cm³/mol. The topological polar surface area (TPSA) is 76.7 Å². The first-order valence-corrected chi connectivity index (χ1v) is 6.24. The molecule has 1 unspecified atom stereocenters. The third-order valence-electron chi connectivity index (χ3n) is 2.64. The van der Waals surface area contributed by atoms with Crippen LogP contribution in [0.3, 0.4) is 0 Å². The number of aryl methyl sites for hydroxylation is 1. The minimum Gasteiger partial charge on any atom is -0.271 e. The highest BCUT2D eigenvalue weighted by Crippen LogP contribution is 2.15. The van der Waals surface area contributed by atoms with Crippen molar-refractivity contribution in [3.8, 4) is 0 Å². The van der Waals surface area contributed by atoms with Gasteiger partial charge in [-0.05, 0) is 18.1 Å². The minimum atomic E-state index is -0.0336. The van der Waals surface area contributed by atoms with Gasteiger partial charge in [0.1, 0.15) is 0 Å². The van der Waals surface area contributed by atoms with Crippen LogP contribution in [-0.4, -0.2) is 13.7 Å². The number of hydrazine groups is 1. The Bertz CT molecular complexity index is 439. The average Bonchev–Trinajstić information content (AvgIpc) is 2.90. The number of nitrogens with two attached hydrogens (primary N) is 1. The van der Waals surface area contributed by atoms with Crippen molar-refractivity contribution >= 4 is 11.7 Å². The van der Waals surface area contributed by atoms with Gasteiger partial charge in [0.2, 0.25) is 0 Å². The third-order valence-corrected chi connectivity index (χ3v) is 3.14. The third kappa shape index (κ3) is 3.06. The second-order valence-electron chi connectivity index (χ2n) is 3.77. The Hall–Kier alpha value is -1.37. The Morgan fingerprint density at radius 1 is 1.41 bits per heavy atom. The molecule has 2 rings (SSSR count). The zero-order chi connectivity index (χ0) is 12.1. The summed E-state index contributed by atoms with van der Waals surface area (Å²) in [6.07, 6.45) is 5.35. The predicted octanol–water partition coefficient (Wildman–Crippen LogP) is 1.24. The molecule has 0 bridgehead atoms. The molecule has 0 saturated heterocycles. The van der Waals surface area contributed by atoms with Crippen molar-refractivity contribution in [3.63, 3.8) is 0 Å². The van der Waals surface area contributed by atoms with Crippen LogP contribution in [0.1, 0.15) is 29.9 Å². The molecule has 0 saturated carbocycles. The van der Waals surface area contributed by atoms with E-state index in [4.69, 9.17) is 5.84 Å². The summed E-state index contributed by atoms with van der Waals surface area (Å²) in [6.45, 7) is 2.11. The zero-order valence-corrected chi connectivity index (χ0v) is 10.4. The molecular formula is C11H15N5S. The Morgan fingerprint density at radius 3 is 2.82 bits per heavy atom. The van der Waals surface area contributed by atoms with E-state index in [2.05, 4.69) is 32.1 Å². The fourth-order valence-corrected chi connectivity index (χ4v) is 2.04. The van der Waals surface area contributed by atoms with E-state index in [9.17, 15) is 0 Å². The van der Waals surface area contributed by atoms with Crippen LogP contribution in [0.25, 0.3) is 0 Å². The summed E-state index contributed by atoms with van der Waals surface area (Å²) in [6, 6.07) is 4.09. The van der Waals surface area contributed by atoms with Gasteiger partial charge in [-0.3, -0.25) is 16.3 Å². The molecule has 0 fully saturated rings. The summed E-state index contributed by atoms with van der Waals surface area (Å²) >= 11 is 1.18. The largest absolute Gasteiger partial charge is 0.271 e. The van der Waals surface area contributed by atoms with Crippen molar-refractivity contribution in [1.29, 1.82) is 0 Å². The van der Waals surface area contributed by atoms with Crippen molar-refractivity contribution in [2.24, 2.45) is 5.84 Å². The van der Waals surface area contributed by atoms with Crippen molar-refractivity contribution in [2.75, 3.05) is 0 Å². The van der Waals surface area contributed by atoms with Crippen molar-refractivity contribution in [3.05, 3.63) is 41.5 Å². The molecule has 0 aliphatic heterocycles. The van der Waals surface area contributed by atoms with Crippen molar-refractivity contribution in [2.45, 2.75) is 25.8 Å². The van der Waals surface area contributed by atoms with Gasteiger partial charge < -0.3 is 0 Å². The van der Waals surface area contributed by atoms with Crippen LogP contribution in [0.15, 0.2) is 24.5 Å². The summed E-state index contributed by atoms with van der Waals surface area (Å²) in [7, 11) is 0. The van der Waals surface area contributed by atoms with Crippen LogP contribution in [0, 0.1) is 0 Å². The van der Waals surface area contributed by atoms with E-state index < -0.39 is 0 Å². The fourth-order valence-electron chi connectivity index (χ4n) is 1.57. The van der Waals surface area contributed by atoms with Crippen LogP contribution < -0.4 is 11.3 Å². The molecule has 0 radical (unpaired) electrons. The highest BCUT2D eigenvalue weighted by atomic mass is 32.1. The number of aromatic nitrogens is 3. The molecular weight excluding hydrogens is 234 g/mol. The van der Waals surface area contributed by atoms with Gasteiger partial charge in [0.05, 0.1) is 29.7 Å². The highest BCUT2D eigenvalue weighted by Gasteiger charge is 2.13. The van der Waals surface area contributed by atoms with E-state index in [1.165, 1.54) is 17.3 Å². The van der Waals surface area contributed by atoms with Crippen LogP contribution in [0.4, 0.5) is 0 Å². The molecule has 3 N–H and O–H groups in total. The molecule has 0 amide bonds. The van der Waals surface area contributed by atoms with Gasteiger partial charge >= 0.3 is 0 Å². The van der Waals surface area contributed by atoms with Crippen LogP contribution in [0.2, 0.25) is 0 Å². The molecule has 2 aromatic rings. The molecule has 0 aromatic carbocycles. The Morgan fingerprint density at radius 2 is 2.29 bits per heavy atom. The maximum atomic E-state index is 5.53. The number of hydrogen-bond acceptors (Lipinski definition) is 6. The van der Waals surface area contributed by atoms with Crippen molar-refractivity contribution in [1.82, 2.24) is 19.2 Å². The zero-order valence-electron chi connectivity index (χ0n) is 9.63. The Labute approximate surface area is 104 Å². The van der Waals surface area contributed by atoms with Gasteiger partial charge in [0.15, 0.2) is 0 Å². The average molecular weight is 249 g/mol. The van der Waals surface area contributed by atoms with Gasteiger partial charge in [0.25, 0.3) is 0 Å². The first kappa shape index (κ1) is 12.1. The number of rotatable bonds is 5. The van der Waals surface area contributed by atoms with E-state index in [0.717, 1.165) is 17.8 Å². The number of nitrogens with one attached hydrogen (secondary N) is 1. The first-order valence-electron chi connectivity index (χ1n) is 5.51. The molecule has 5 nitrogen and oxygen atoms in total. The molecule has 6 heteroatoms. The molecule has 1 atom stereocenters. The second kappa shape index (κ2) is 5.81. The quantitative estimate of drug-likeness (QED) is 0.616. The lowest BCUT2D eigenvalue weighted by molar-refractivity contribution is 0.536. The van der Waals surface area contributed by atoms with E-state index in [1.54, 1.807) is 6.20 Å². The van der Waals surface area contributed by atoms with Gasteiger partial charge in [-0.15, -0.1) is 0 Å². The van der Waals surface area contributed by atoms with E-state index in [1.807, 2.05) is 12.3 Å². The normalized spacial score (nSPS) is 12.6. The lowest BCUT2D eigenvalue weighted by Crippen LogP contribution is -2.30. The highest BCUT2D eigenvalue weighted by molar-refractivity contribution is 6.99. The van der Waals surface area contributed by atoms with Gasteiger partial charge in [0, 0.05) is 18.3 Å². The molecule has 2 aromatic heterocycles. The molecule has 2 heterocycles. The van der Waals surface area contributed by atoms with Gasteiger partial charge in [-0.2, -0.15) is 8.75 Å². The summed E-state index contributed by atoms with van der Waals surface area (Å²) in [4.78, 5) is 4.41. The standard InChI is InChI=1S/C11H15N5S/c1-2-8-3-4-9(13-6-8)5-10(15-12)11-7-14-17-16-11/h3-4,6-7,10,15H,2,5,12H2,1H3. The fraction of sp³-hybridized carbons (Fsp3) is 0.364. The smallest absolute Gasteiger partial charge is 0.0929 e. The number of hydrogen-bond donors (Lipinski definition) is 2. The summed E-state index contributed by atoms with van der Waals surface area (Å²) in [5.41, 5.74) is 5.84. The maximum Gasteiger partial charge on any atom is 0.0929 e. The van der Waals surface area contributed by atoms with Crippen LogP contribution in [-0.2, 0) is 12.8 Å². The van der Waals surface area contributed by atoms with Crippen LogP contribution in [0.5, 0.6) is 0 Å². The molecule has 90 valence electrons. The summed E-state index contributed by atoms with van der Waals surface area (Å²) in [5, 5.41) is 0. The minimum absolute atomic E-state index is 0.0336. The summed E-state index contributed by atoms with van der Waals surface area (Å²) in [5.74, 6) is 5.53. The Balaban J connectivity index is 2.07. The maximum absolute atomic E-state index is 5.53. The first-order chi connectivity index (χ1) is 8.33. The van der Waals surface area contributed by atoms with E-state index in [0.29, 0.717) is 6.42 Å². The number of pyridine rings is 1. The second-order valence-corrected chi connectivity index (χ2v) is 4.32. The van der Waals surface area contributed by atoms with E-state index in [-0.39, 0.29) is 6.04 Å². The number of nitrogens with zero attached hydrogens (tertiary/aromatic N) is 3. The monoisotopic (exact) mass is 249 g/mol. The van der Waals surface area contributed by atoms with Gasteiger partial charge in [-0.1, -0.05) is 13.0 Å². The molecule has 17 heavy (non-hydrogen) atoms. The molecule has 0 spiro atoms. The van der Waals surface area contributed by atoms with Crippen molar-refractivity contribution < 1.29 is 0 Å². The van der Waals surface area contributed by atoms with Gasteiger partial charge in [-0.25, -0.2) is 0 Å². The van der Waals surface area contributed by atoms with Crippen LogP contribution >= 0.6 is 11.7 Å². The SMILES string of the molecule is CCc1ccc(CC(NN)c2cnsn2)nc1. The molecule has 0 aliphatic carbocycles.